The Morgan fingerprint density at radius 1 is 1.30 bits per heavy atom. The first-order valence-electron chi connectivity index (χ1n) is 10.9. The number of aromatic carboxylic acids is 1. The van der Waals surface area contributed by atoms with Gasteiger partial charge in [-0.2, -0.15) is 5.10 Å². The van der Waals surface area contributed by atoms with E-state index in [1.165, 1.54) is 11.8 Å². The minimum absolute atomic E-state index is 0.00455. The molecule has 2 aromatic rings. The van der Waals surface area contributed by atoms with E-state index in [2.05, 4.69) is 10.4 Å². The minimum Gasteiger partial charge on any atom is -0.477 e. The average Bonchev–Trinajstić information content (AvgIpc) is 3.07. The van der Waals surface area contributed by atoms with Crippen LogP contribution in [-0.4, -0.2) is 58.8 Å². The van der Waals surface area contributed by atoms with Gasteiger partial charge >= 0.3 is 12.1 Å². The van der Waals surface area contributed by atoms with Crippen LogP contribution in [-0.2, 0) is 22.6 Å². The zero-order valence-electron chi connectivity index (χ0n) is 19.4. The number of hydrogen-bond acceptors (Lipinski definition) is 6. The summed E-state index contributed by atoms with van der Waals surface area (Å²) in [6.07, 6.45) is 1.44. The second-order valence-corrected chi connectivity index (χ2v) is 9.48. The van der Waals surface area contributed by atoms with Gasteiger partial charge in [0.15, 0.2) is 11.5 Å². The number of carboxylic acids is 1. The Kier molecular flexibility index (Phi) is 7.86. The standard InChI is InChI=1S/C23H31ClN4O5/c1-23(2,3)33-22(31)25-16-9-7-11-27(13-16)20-17(12-15-8-5-6-10-18(15)24)19(21(29)30)28(26-20)14-32-4/h5-6,8,10,16H,7,9,11-14H2,1-4H3,(H,25,31)(H,29,30)/t16-/m1/s1. The van der Waals surface area contributed by atoms with Crippen molar-refractivity contribution < 1.29 is 24.2 Å². The van der Waals surface area contributed by atoms with Crippen LogP contribution in [0.2, 0.25) is 5.02 Å². The maximum atomic E-state index is 12.3. The first kappa shape index (κ1) is 24.9. The number of piperidine rings is 1. The number of carbonyl (C=O) groups excluding carboxylic acids is 1. The third-order valence-electron chi connectivity index (χ3n) is 5.25. The molecular weight excluding hydrogens is 448 g/mol. The quantitative estimate of drug-likeness (QED) is 0.621. The third kappa shape index (κ3) is 6.39. The SMILES string of the molecule is COCn1nc(N2CCC[C@@H](NC(=O)OC(C)(C)C)C2)c(Cc2ccccc2Cl)c1C(=O)O. The number of benzene rings is 1. The van der Waals surface area contributed by atoms with E-state index in [0.717, 1.165) is 18.4 Å². The zero-order chi connectivity index (χ0) is 24.2. The van der Waals surface area contributed by atoms with Gasteiger partial charge in [-0.3, -0.25) is 0 Å². The molecule has 1 aromatic carbocycles. The Bertz CT molecular complexity index is 1000. The predicted molar refractivity (Wildman–Crippen MR) is 125 cm³/mol. The lowest BCUT2D eigenvalue weighted by Crippen LogP contribution is -2.49. The van der Waals surface area contributed by atoms with Crippen LogP contribution < -0.4 is 10.2 Å². The molecule has 1 aliphatic rings. The summed E-state index contributed by atoms with van der Waals surface area (Å²) in [6.45, 7) is 6.62. The van der Waals surface area contributed by atoms with E-state index in [1.807, 2.05) is 43.9 Å². The van der Waals surface area contributed by atoms with Gasteiger partial charge in [0.25, 0.3) is 0 Å². The van der Waals surface area contributed by atoms with Gasteiger partial charge in [-0.1, -0.05) is 29.8 Å². The molecule has 1 fully saturated rings. The van der Waals surface area contributed by atoms with Crippen molar-refractivity contribution >= 4 is 29.5 Å². The van der Waals surface area contributed by atoms with Crippen LogP contribution in [0.25, 0.3) is 0 Å². The number of amides is 1. The fourth-order valence-electron chi connectivity index (χ4n) is 3.95. The second-order valence-electron chi connectivity index (χ2n) is 9.07. The molecule has 1 saturated heterocycles. The molecule has 1 aromatic heterocycles. The topological polar surface area (TPSA) is 106 Å². The number of alkyl carbamates (subject to hydrolysis) is 1. The highest BCUT2D eigenvalue weighted by Crippen LogP contribution is 2.30. The van der Waals surface area contributed by atoms with E-state index in [4.69, 9.17) is 21.1 Å². The first-order chi connectivity index (χ1) is 15.6. The molecule has 0 spiro atoms. The molecule has 180 valence electrons. The lowest BCUT2D eigenvalue weighted by molar-refractivity contribution is 0.0499. The van der Waals surface area contributed by atoms with Crippen LogP contribution in [0.4, 0.5) is 10.6 Å². The largest absolute Gasteiger partial charge is 0.477 e. The van der Waals surface area contributed by atoms with Gasteiger partial charge in [0.05, 0.1) is 0 Å². The predicted octanol–water partition coefficient (Wildman–Crippen LogP) is 3.92. The highest BCUT2D eigenvalue weighted by Gasteiger charge is 2.31. The first-order valence-corrected chi connectivity index (χ1v) is 11.3. The molecule has 0 radical (unpaired) electrons. The summed E-state index contributed by atoms with van der Waals surface area (Å²) in [5.74, 6) is -0.534. The van der Waals surface area contributed by atoms with Crippen molar-refractivity contribution in [3.8, 4) is 0 Å². The summed E-state index contributed by atoms with van der Waals surface area (Å²) in [5.41, 5.74) is 0.843. The van der Waals surface area contributed by atoms with Gasteiger partial charge in [0, 0.05) is 43.2 Å². The highest BCUT2D eigenvalue weighted by atomic mass is 35.5. The van der Waals surface area contributed by atoms with Crippen molar-refractivity contribution in [1.29, 1.82) is 0 Å². The molecule has 1 aliphatic heterocycles. The summed E-state index contributed by atoms with van der Waals surface area (Å²) in [7, 11) is 1.49. The average molecular weight is 479 g/mol. The van der Waals surface area contributed by atoms with E-state index in [-0.39, 0.29) is 18.5 Å². The van der Waals surface area contributed by atoms with Gasteiger partial charge < -0.3 is 24.8 Å². The fraction of sp³-hybridized carbons (Fsp3) is 0.522. The third-order valence-corrected chi connectivity index (χ3v) is 5.62. The number of hydrogen-bond donors (Lipinski definition) is 2. The Balaban J connectivity index is 1.92. The lowest BCUT2D eigenvalue weighted by atomic mass is 10.0. The number of rotatable bonds is 7. The molecule has 1 amide bonds. The number of ether oxygens (including phenoxy) is 2. The molecule has 2 heterocycles. The molecule has 33 heavy (non-hydrogen) atoms. The van der Waals surface area contributed by atoms with E-state index in [9.17, 15) is 14.7 Å². The molecule has 0 unspecified atom stereocenters. The molecule has 10 heteroatoms. The number of carbonyl (C=O) groups is 2. The van der Waals surface area contributed by atoms with Crippen LogP contribution in [0.1, 0.15) is 55.2 Å². The lowest BCUT2D eigenvalue weighted by Gasteiger charge is -2.34. The Morgan fingerprint density at radius 3 is 2.67 bits per heavy atom. The van der Waals surface area contributed by atoms with Crippen molar-refractivity contribution in [3.63, 3.8) is 0 Å². The number of methoxy groups -OCH3 is 1. The van der Waals surface area contributed by atoms with Gasteiger partial charge in [0.2, 0.25) is 0 Å². The van der Waals surface area contributed by atoms with Gasteiger partial charge in [-0.25, -0.2) is 14.3 Å². The van der Waals surface area contributed by atoms with Crippen molar-refractivity contribution in [2.75, 3.05) is 25.1 Å². The maximum absolute atomic E-state index is 12.3. The number of anilines is 1. The normalized spacial score (nSPS) is 16.5. The molecule has 0 saturated carbocycles. The van der Waals surface area contributed by atoms with E-state index < -0.39 is 17.7 Å². The molecule has 0 bridgehead atoms. The van der Waals surface area contributed by atoms with Gasteiger partial charge in [-0.15, -0.1) is 0 Å². The molecule has 0 aliphatic carbocycles. The van der Waals surface area contributed by atoms with Crippen LogP contribution >= 0.6 is 11.6 Å². The van der Waals surface area contributed by atoms with Gasteiger partial charge in [0.1, 0.15) is 12.3 Å². The Morgan fingerprint density at radius 2 is 2.03 bits per heavy atom. The van der Waals surface area contributed by atoms with Gasteiger partial charge in [-0.05, 0) is 45.2 Å². The van der Waals surface area contributed by atoms with E-state index in [1.54, 1.807) is 6.07 Å². The molecule has 3 rings (SSSR count). The molecule has 2 N–H and O–H groups in total. The highest BCUT2D eigenvalue weighted by molar-refractivity contribution is 6.31. The van der Waals surface area contributed by atoms with Crippen molar-refractivity contribution in [2.45, 2.75) is 58.4 Å². The summed E-state index contributed by atoms with van der Waals surface area (Å²) in [4.78, 5) is 26.5. The molecular formula is C23H31ClN4O5. The molecule has 1 atom stereocenters. The smallest absolute Gasteiger partial charge is 0.407 e. The van der Waals surface area contributed by atoms with Crippen LogP contribution in [0.3, 0.4) is 0 Å². The number of nitrogens with zero attached hydrogens (tertiary/aromatic N) is 3. The summed E-state index contributed by atoms with van der Waals surface area (Å²) < 4.78 is 11.9. The monoisotopic (exact) mass is 478 g/mol. The number of halogens is 1. The molecule has 9 nitrogen and oxygen atoms in total. The van der Waals surface area contributed by atoms with Crippen molar-refractivity contribution in [1.82, 2.24) is 15.1 Å². The summed E-state index contributed by atoms with van der Waals surface area (Å²) in [6, 6.07) is 7.19. The number of nitrogens with one attached hydrogen (secondary N) is 1. The number of aromatic nitrogens is 2. The number of carboxylic acid groups (broad SMARTS) is 1. The zero-order valence-corrected chi connectivity index (χ0v) is 20.2. The van der Waals surface area contributed by atoms with E-state index in [0.29, 0.717) is 35.9 Å². The maximum Gasteiger partial charge on any atom is 0.407 e. The van der Waals surface area contributed by atoms with Crippen LogP contribution in [0.15, 0.2) is 24.3 Å². The van der Waals surface area contributed by atoms with E-state index >= 15 is 0 Å². The Labute approximate surface area is 198 Å². The second kappa shape index (κ2) is 10.4. The summed E-state index contributed by atoms with van der Waals surface area (Å²) in [5, 5.41) is 18.0. The Hall–Kier alpha value is -2.78. The van der Waals surface area contributed by atoms with Crippen molar-refractivity contribution in [2.24, 2.45) is 0 Å². The summed E-state index contributed by atoms with van der Waals surface area (Å²) >= 11 is 6.37. The minimum atomic E-state index is -1.09. The van der Waals surface area contributed by atoms with Crippen LogP contribution in [0, 0.1) is 0 Å². The fourth-order valence-corrected chi connectivity index (χ4v) is 4.15. The van der Waals surface area contributed by atoms with Crippen molar-refractivity contribution in [3.05, 3.63) is 46.1 Å². The van der Waals surface area contributed by atoms with Crippen LogP contribution in [0.5, 0.6) is 0 Å².